The lowest BCUT2D eigenvalue weighted by Crippen LogP contribution is -2.52. The van der Waals surface area contributed by atoms with Crippen LogP contribution in [0.1, 0.15) is 36.4 Å². The number of benzene rings is 1. The SMILES string of the molecule is CC(C)[C@H](NCC(CCC=O)N(C[C@H]1CN(c2ccc(N3CCOCC3=O)cc2)C(=O)O1)C(=O)c1ccc(Cl)s1)C(=O)O. The molecule has 3 amide bonds. The summed E-state index contributed by atoms with van der Waals surface area (Å²) in [6.45, 7) is 4.74. The number of morpholine rings is 1. The first kappa shape index (κ1) is 32.4. The zero-order valence-corrected chi connectivity index (χ0v) is 25.5. The molecule has 3 heterocycles. The molecule has 2 aromatic rings. The van der Waals surface area contributed by atoms with E-state index in [9.17, 15) is 29.1 Å². The summed E-state index contributed by atoms with van der Waals surface area (Å²) in [5.74, 6) is -1.74. The molecular weight excluding hydrogens is 600 g/mol. The third kappa shape index (κ3) is 8.11. The van der Waals surface area contributed by atoms with E-state index in [4.69, 9.17) is 21.1 Å². The lowest BCUT2D eigenvalue weighted by atomic mass is 10.0. The standard InChI is InChI=1S/C29H35ClN4O8S/c1-18(2)26(28(38)39)31-14-21(4-3-12-35)33(27(37)23-9-10-24(30)43-23)15-22-16-34(29(40)42-22)20-7-5-19(6-8-20)32-11-13-41-17-25(32)36/h5-10,12,18,21-22,26,31H,3-4,11,13-17H2,1-2H3,(H,38,39)/t21?,22-,26-/m0/s1. The number of ether oxygens (including phenoxy) is 2. The Labute approximate surface area is 258 Å². The lowest BCUT2D eigenvalue weighted by Gasteiger charge is -2.34. The highest BCUT2D eigenvalue weighted by atomic mass is 35.5. The zero-order valence-electron chi connectivity index (χ0n) is 23.9. The van der Waals surface area contributed by atoms with E-state index in [0.717, 1.165) is 17.6 Å². The molecule has 1 unspecified atom stereocenters. The number of anilines is 2. The molecule has 2 fully saturated rings. The molecule has 12 nitrogen and oxygen atoms in total. The third-order valence-electron chi connectivity index (χ3n) is 7.34. The highest BCUT2D eigenvalue weighted by Crippen LogP contribution is 2.28. The Morgan fingerprint density at radius 1 is 1.16 bits per heavy atom. The number of nitrogens with one attached hydrogen (secondary N) is 1. The van der Waals surface area contributed by atoms with Crippen molar-refractivity contribution in [2.24, 2.45) is 5.92 Å². The van der Waals surface area contributed by atoms with Crippen molar-refractivity contribution in [2.75, 3.05) is 49.2 Å². The average molecular weight is 635 g/mol. The van der Waals surface area contributed by atoms with Crippen molar-refractivity contribution in [3.8, 4) is 0 Å². The number of nitrogens with zero attached hydrogens (tertiary/aromatic N) is 3. The number of carboxylic acid groups (broad SMARTS) is 1. The number of hydrogen-bond donors (Lipinski definition) is 2. The summed E-state index contributed by atoms with van der Waals surface area (Å²) >= 11 is 7.21. The van der Waals surface area contributed by atoms with Gasteiger partial charge in [0.25, 0.3) is 11.8 Å². The van der Waals surface area contributed by atoms with Gasteiger partial charge in [0.05, 0.1) is 28.9 Å². The first-order chi connectivity index (χ1) is 20.6. The molecule has 1 aromatic carbocycles. The molecule has 232 valence electrons. The van der Waals surface area contributed by atoms with Gasteiger partial charge in [-0.15, -0.1) is 11.3 Å². The van der Waals surface area contributed by atoms with Crippen LogP contribution in [-0.2, 0) is 23.9 Å². The normalized spacial score (nSPS) is 18.5. The van der Waals surface area contributed by atoms with E-state index >= 15 is 0 Å². The first-order valence-electron chi connectivity index (χ1n) is 14.0. The van der Waals surface area contributed by atoms with Crippen molar-refractivity contribution in [3.05, 3.63) is 45.6 Å². The lowest BCUT2D eigenvalue weighted by molar-refractivity contribution is -0.140. The molecule has 2 aliphatic rings. The highest BCUT2D eigenvalue weighted by molar-refractivity contribution is 7.18. The zero-order chi connectivity index (χ0) is 31.1. The number of cyclic esters (lactones) is 1. The minimum atomic E-state index is -1.02. The van der Waals surface area contributed by atoms with Gasteiger partial charge in [0, 0.05) is 36.9 Å². The number of carbonyl (C=O) groups is 5. The highest BCUT2D eigenvalue weighted by Gasteiger charge is 2.37. The molecule has 1 aromatic heterocycles. The van der Waals surface area contributed by atoms with Gasteiger partial charge >= 0.3 is 12.1 Å². The van der Waals surface area contributed by atoms with E-state index < -0.39 is 30.3 Å². The summed E-state index contributed by atoms with van der Waals surface area (Å²) in [5, 5.41) is 12.7. The fourth-order valence-electron chi connectivity index (χ4n) is 5.12. The van der Waals surface area contributed by atoms with Crippen LogP contribution in [0.25, 0.3) is 0 Å². The number of carboxylic acids is 1. The maximum Gasteiger partial charge on any atom is 0.414 e. The van der Waals surface area contributed by atoms with E-state index in [-0.39, 0.29) is 56.8 Å². The molecule has 0 spiro atoms. The summed E-state index contributed by atoms with van der Waals surface area (Å²) in [6.07, 6.45) is -0.112. The topological polar surface area (TPSA) is 146 Å². The quantitative estimate of drug-likeness (QED) is 0.299. The van der Waals surface area contributed by atoms with Gasteiger partial charge in [-0.05, 0) is 48.7 Å². The summed E-state index contributed by atoms with van der Waals surface area (Å²) in [5.41, 5.74) is 1.26. The van der Waals surface area contributed by atoms with E-state index in [1.54, 1.807) is 55.1 Å². The molecule has 2 saturated heterocycles. The molecule has 0 saturated carbocycles. The predicted molar refractivity (Wildman–Crippen MR) is 161 cm³/mol. The van der Waals surface area contributed by atoms with Crippen molar-refractivity contribution >= 4 is 64.5 Å². The van der Waals surface area contributed by atoms with Crippen LogP contribution >= 0.6 is 22.9 Å². The summed E-state index contributed by atoms with van der Waals surface area (Å²) in [7, 11) is 0. The fourth-order valence-corrected chi connectivity index (χ4v) is 6.12. The summed E-state index contributed by atoms with van der Waals surface area (Å²) < 4.78 is 11.3. The van der Waals surface area contributed by atoms with Crippen molar-refractivity contribution < 1.29 is 38.6 Å². The molecule has 4 rings (SSSR count). The van der Waals surface area contributed by atoms with E-state index in [1.807, 2.05) is 0 Å². The Morgan fingerprint density at radius 3 is 2.44 bits per heavy atom. The second-order valence-corrected chi connectivity index (χ2v) is 12.4. The van der Waals surface area contributed by atoms with Gasteiger partial charge in [-0.3, -0.25) is 19.3 Å². The van der Waals surface area contributed by atoms with Crippen LogP contribution in [0.15, 0.2) is 36.4 Å². The molecule has 0 radical (unpaired) electrons. The number of hydrogen-bond acceptors (Lipinski definition) is 9. The molecule has 0 bridgehead atoms. The number of carbonyl (C=O) groups excluding carboxylic acids is 4. The Kier molecular flexibility index (Phi) is 11.1. The van der Waals surface area contributed by atoms with Crippen molar-refractivity contribution in [1.82, 2.24) is 10.2 Å². The molecule has 14 heteroatoms. The summed E-state index contributed by atoms with van der Waals surface area (Å²) in [4.78, 5) is 67.0. The van der Waals surface area contributed by atoms with Crippen molar-refractivity contribution in [2.45, 2.75) is 44.9 Å². The maximum atomic E-state index is 13.8. The number of aliphatic carboxylic acids is 1. The van der Waals surface area contributed by atoms with Crippen LogP contribution in [0.2, 0.25) is 4.34 Å². The second-order valence-electron chi connectivity index (χ2n) is 10.7. The van der Waals surface area contributed by atoms with Crippen LogP contribution < -0.4 is 15.1 Å². The van der Waals surface area contributed by atoms with Gasteiger partial charge in [0.1, 0.15) is 25.0 Å². The molecule has 2 N–H and O–H groups in total. The number of amides is 3. The van der Waals surface area contributed by atoms with Crippen molar-refractivity contribution in [3.63, 3.8) is 0 Å². The maximum absolute atomic E-state index is 13.8. The van der Waals surface area contributed by atoms with Crippen LogP contribution in [0.5, 0.6) is 0 Å². The average Bonchev–Trinajstić information content (AvgIpc) is 3.58. The molecule has 2 aliphatic heterocycles. The minimum absolute atomic E-state index is 0.0155. The predicted octanol–water partition coefficient (Wildman–Crippen LogP) is 3.28. The monoisotopic (exact) mass is 634 g/mol. The van der Waals surface area contributed by atoms with Gasteiger partial charge in [-0.2, -0.15) is 0 Å². The number of rotatable bonds is 14. The fraction of sp³-hybridized carbons (Fsp3) is 0.483. The second kappa shape index (κ2) is 14.8. The van der Waals surface area contributed by atoms with Crippen LogP contribution in [0.3, 0.4) is 0 Å². The van der Waals surface area contributed by atoms with Crippen LogP contribution in [0.4, 0.5) is 16.2 Å². The molecule has 0 aliphatic carbocycles. The van der Waals surface area contributed by atoms with Crippen LogP contribution in [-0.4, -0.2) is 97.7 Å². The van der Waals surface area contributed by atoms with Gasteiger partial charge in [-0.1, -0.05) is 25.4 Å². The van der Waals surface area contributed by atoms with E-state index in [1.165, 1.54) is 9.80 Å². The Balaban J connectivity index is 1.53. The minimum Gasteiger partial charge on any atom is -0.480 e. The molecular formula is C29H35ClN4O8S. The number of thiophene rings is 1. The summed E-state index contributed by atoms with van der Waals surface area (Å²) in [6, 6.07) is 8.75. The Morgan fingerprint density at radius 2 is 1.86 bits per heavy atom. The Hall–Kier alpha value is -3.52. The van der Waals surface area contributed by atoms with E-state index in [0.29, 0.717) is 33.7 Å². The smallest absolute Gasteiger partial charge is 0.414 e. The molecule has 43 heavy (non-hydrogen) atoms. The van der Waals surface area contributed by atoms with Crippen LogP contribution in [0, 0.1) is 5.92 Å². The van der Waals surface area contributed by atoms with Crippen molar-refractivity contribution in [1.29, 1.82) is 0 Å². The third-order valence-corrected chi connectivity index (χ3v) is 8.56. The van der Waals surface area contributed by atoms with Gasteiger partial charge in [-0.25, -0.2) is 4.79 Å². The van der Waals surface area contributed by atoms with Gasteiger partial charge in [0.2, 0.25) is 0 Å². The van der Waals surface area contributed by atoms with Gasteiger partial charge in [0.15, 0.2) is 0 Å². The first-order valence-corrected chi connectivity index (χ1v) is 15.2. The molecule has 3 atom stereocenters. The number of halogens is 1. The van der Waals surface area contributed by atoms with E-state index in [2.05, 4.69) is 5.32 Å². The number of aldehydes is 1. The largest absolute Gasteiger partial charge is 0.480 e. The van der Waals surface area contributed by atoms with Gasteiger partial charge < -0.3 is 34.5 Å². The Bertz CT molecular complexity index is 1320.